The molecule has 37 heavy (non-hydrogen) atoms. The number of methoxy groups -OCH3 is 1. The summed E-state index contributed by atoms with van der Waals surface area (Å²) >= 11 is 0. The van der Waals surface area contributed by atoms with Crippen LogP contribution >= 0.6 is 0 Å². The minimum atomic E-state index is -0.670. The quantitative estimate of drug-likeness (QED) is 0.146. The Morgan fingerprint density at radius 2 is 1.62 bits per heavy atom. The van der Waals surface area contributed by atoms with Gasteiger partial charge in [0.1, 0.15) is 11.5 Å². The molecule has 0 aliphatic carbocycles. The summed E-state index contributed by atoms with van der Waals surface area (Å²) in [4.78, 5) is 24.3. The summed E-state index contributed by atoms with van der Waals surface area (Å²) in [6.45, 7) is 12.3. The fourth-order valence-electron chi connectivity index (χ4n) is 3.89. The van der Waals surface area contributed by atoms with Gasteiger partial charge in [0.05, 0.1) is 31.0 Å². The van der Waals surface area contributed by atoms with Crippen molar-refractivity contribution >= 4 is 11.9 Å². The van der Waals surface area contributed by atoms with Crippen molar-refractivity contribution < 1.29 is 33.3 Å². The lowest BCUT2D eigenvalue weighted by molar-refractivity contribution is -0.206. The minimum absolute atomic E-state index is 0.0738. The highest BCUT2D eigenvalue weighted by Gasteiger charge is 2.27. The second-order valence-electron chi connectivity index (χ2n) is 9.23. The maximum Gasteiger partial charge on any atom is 0.341 e. The Morgan fingerprint density at radius 1 is 0.946 bits per heavy atom. The van der Waals surface area contributed by atoms with Crippen LogP contribution in [-0.2, 0) is 23.8 Å². The summed E-state index contributed by atoms with van der Waals surface area (Å²) in [6.07, 6.45) is 3.90. The molecule has 0 aromatic heterocycles. The lowest BCUT2D eigenvalue weighted by Crippen LogP contribution is -2.27. The fourth-order valence-corrected chi connectivity index (χ4v) is 3.89. The molecule has 0 amide bonds. The summed E-state index contributed by atoms with van der Waals surface area (Å²) in [6, 6.07) is 12.6. The summed E-state index contributed by atoms with van der Waals surface area (Å²) in [7, 11) is 1.49. The van der Waals surface area contributed by atoms with Gasteiger partial charge in [-0.05, 0) is 48.7 Å². The summed E-state index contributed by atoms with van der Waals surface area (Å²) in [5.41, 5.74) is 2.89. The van der Waals surface area contributed by atoms with Gasteiger partial charge >= 0.3 is 11.9 Å². The molecule has 0 spiro atoms. The van der Waals surface area contributed by atoms with Crippen molar-refractivity contribution in [2.24, 2.45) is 5.92 Å². The van der Waals surface area contributed by atoms with Gasteiger partial charge in [-0.3, -0.25) is 0 Å². The van der Waals surface area contributed by atoms with Gasteiger partial charge in [-0.1, -0.05) is 57.5 Å². The monoisotopic (exact) mass is 508 g/mol. The van der Waals surface area contributed by atoms with E-state index in [9.17, 15) is 9.59 Å². The summed E-state index contributed by atoms with van der Waals surface area (Å²) < 4.78 is 28.1. The lowest BCUT2D eigenvalue weighted by Gasteiger charge is -2.30. The van der Waals surface area contributed by atoms with Crippen LogP contribution in [-0.4, -0.2) is 38.9 Å². The van der Waals surface area contributed by atoms with Crippen molar-refractivity contribution in [3.8, 4) is 22.6 Å². The minimum Gasteiger partial charge on any atom is -0.423 e. The topological polar surface area (TPSA) is 80.3 Å². The van der Waals surface area contributed by atoms with Crippen LogP contribution in [0.2, 0.25) is 0 Å². The molecule has 1 saturated heterocycles. The van der Waals surface area contributed by atoms with Gasteiger partial charge in [-0.15, -0.1) is 0 Å². The molecule has 198 valence electrons. The lowest BCUT2D eigenvalue weighted by atomic mass is 10.00. The van der Waals surface area contributed by atoms with Crippen LogP contribution in [0.25, 0.3) is 11.1 Å². The average molecular weight is 509 g/mol. The van der Waals surface area contributed by atoms with Crippen LogP contribution in [0.5, 0.6) is 11.5 Å². The highest BCUT2D eigenvalue weighted by Crippen LogP contribution is 2.36. The van der Waals surface area contributed by atoms with Crippen molar-refractivity contribution in [1.82, 2.24) is 0 Å². The molecule has 1 fully saturated rings. The second-order valence-corrected chi connectivity index (χ2v) is 9.23. The Balaban J connectivity index is 1.82. The zero-order valence-corrected chi connectivity index (χ0v) is 21.9. The number of ether oxygens (including phenoxy) is 5. The number of hydrogen-bond donors (Lipinski definition) is 0. The Labute approximate surface area is 219 Å². The number of carbonyl (C=O) groups excluding carboxylic acids is 2. The Hall–Kier alpha value is -3.26. The number of esters is 2. The first-order chi connectivity index (χ1) is 17.8. The van der Waals surface area contributed by atoms with Crippen LogP contribution in [0.1, 0.15) is 51.4 Å². The molecule has 0 saturated carbocycles. The Morgan fingerprint density at radius 3 is 2.24 bits per heavy atom. The van der Waals surface area contributed by atoms with Crippen molar-refractivity contribution in [3.05, 3.63) is 72.3 Å². The number of unbranched alkanes of at least 4 members (excludes halogenated alkanes) is 2. The van der Waals surface area contributed by atoms with E-state index in [1.807, 2.05) is 24.3 Å². The third kappa shape index (κ3) is 8.12. The van der Waals surface area contributed by atoms with Crippen molar-refractivity contribution in [3.63, 3.8) is 0 Å². The van der Waals surface area contributed by atoms with Gasteiger partial charge < -0.3 is 23.7 Å². The SMILES string of the molecule is C=C(C)C(=O)Oc1ccc(-c2ccc(OC(=O)C(=C)COC)c(C3OCC(CCCCC)CO3)c2)cc1. The molecule has 0 atom stereocenters. The normalized spacial score (nSPS) is 17.2. The fraction of sp³-hybridized carbons (Fsp3) is 0.400. The largest absolute Gasteiger partial charge is 0.423 e. The first-order valence-electron chi connectivity index (χ1n) is 12.6. The molecule has 7 nitrogen and oxygen atoms in total. The van der Waals surface area contributed by atoms with Crippen LogP contribution in [0.15, 0.2) is 66.8 Å². The standard InChI is InChI=1S/C30H36O7/c1-6-7-8-9-22-18-34-30(35-19-22)26-16-24(12-15-27(26)37-29(32)21(4)17-33-5)23-10-13-25(14-11-23)36-28(31)20(2)3/h10-16,22,30H,2,4,6-9,17-19H2,1,3,5H3. The molecule has 0 bridgehead atoms. The van der Waals surface area contributed by atoms with E-state index in [-0.39, 0.29) is 12.2 Å². The van der Waals surface area contributed by atoms with E-state index in [1.165, 1.54) is 20.0 Å². The highest BCUT2D eigenvalue weighted by atomic mass is 16.7. The maximum absolute atomic E-state index is 12.5. The molecule has 2 aromatic rings. The van der Waals surface area contributed by atoms with Gasteiger partial charge in [-0.2, -0.15) is 0 Å². The molecule has 0 N–H and O–H groups in total. The van der Waals surface area contributed by atoms with E-state index in [2.05, 4.69) is 20.1 Å². The third-order valence-corrected chi connectivity index (χ3v) is 6.00. The predicted molar refractivity (Wildman–Crippen MR) is 141 cm³/mol. The van der Waals surface area contributed by atoms with Crippen molar-refractivity contribution in [1.29, 1.82) is 0 Å². The highest BCUT2D eigenvalue weighted by molar-refractivity contribution is 5.90. The molecule has 0 unspecified atom stereocenters. The van der Waals surface area contributed by atoms with Crippen molar-refractivity contribution in [2.75, 3.05) is 26.9 Å². The van der Waals surface area contributed by atoms with Gasteiger partial charge in [0.15, 0.2) is 6.29 Å². The Kier molecular flexibility index (Phi) is 10.6. The molecule has 2 aromatic carbocycles. The van der Waals surface area contributed by atoms with Crippen LogP contribution in [0.4, 0.5) is 0 Å². The van der Waals surface area contributed by atoms with E-state index >= 15 is 0 Å². The number of benzene rings is 2. The summed E-state index contributed by atoms with van der Waals surface area (Å²) in [5, 5.41) is 0. The van der Waals surface area contributed by atoms with Crippen LogP contribution in [0.3, 0.4) is 0 Å². The van der Waals surface area contributed by atoms with Crippen LogP contribution in [0, 0.1) is 5.92 Å². The van der Waals surface area contributed by atoms with Crippen LogP contribution < -0.4 is 9.47 Å². The zero-order chi connectivity index (χ0) is 26.8. The molecular formula is C30H36O7. The Bertz CT molecular complexity index is 1100. The van der Waals surface area contributed by atoms with E-state index in [1.54, 1.807) is 25.1 Å². The first kappa shape index (κ1) is 28.3. The maximum atomic E-state index is 12.5. The molecule has 0 radical (unpaired) electrons. The summed E-state index contributed by atoms with van der Waals surface area (Å²) in [5.74, 6) is 0.0521. The second kappa shape index (κ2) is 13.9. The van der Waals surface area contributed by atoms with Gasteiger partial charge in [-0.25, -0.2) is 9.59 Å². The third-order valence-electron chi connectivity index (χ3n) is 6.00. The van der Waals surface area contributed by atoms with E-state index in [4.69, 9.17) is 23.7 Å². The molecule has 1 aliphatic rings. The number of carbonyl (C=O) groups is 2. The molecule has 3 rings (SSSR count). The molecule has 7 heteroatoms. The first-order valence-corrected chi connectivity index (χ1v) is 12.6. The molecular weight excluding hydrogens is 472 g/mol. The average Bonchev–Trinajstić information content (AvgIpc) is 2.90. The van der Waals surface area contributed by atoms with Gasteiger partial charge in [0.2, 0.25) is 0 Å². The molecule has 1 aliphatic heterocycles. The van der Waals surface area contributed by atoms with Crippen molar-refractivity contribution in [2.45, 2.75) is 45.8 Å². The van der Waals surface area contributed by atoms with Gasteiger partial charge in [0.25, 0.3) is 0 Å². The number of hydrogen-bond acceptors (Lipinski definition) is 7. The predicted octanol–water partition coefficient (Wildman–Crippen LogP) is 6.19. The van der Waals surface area contributed by atoms with E-state index in [0.717, 1.165) is 24.0 Å². The number of rotatable bonds is 12. The molecule has 1 heterocycles. The van der Waals surface area contributed by atoms with E-state index < -0.39 is 18.2 Å². The van der Waals surface area contributed by atoms with Gasteiger partial charge in [0, 0.05) is 18.6 Å². The zero-order valence-electron chi connectivity index (χ0n) is 21.9. The van der Waals surface area contributed by atoms with E-state index in [0.29, 0.717) is 41.8 Å². The smallest absolute Gasteiger partial charge is 0.341 e.